The fourth-order valence-corrected chi connectivity index (χ4v) is 2.69. The molecule has 1 aromatic heterocycles. The first-order valence-corrected chi connectivity index (χ1v) is 7.45. The van der Waals surface area contributed by atoms with Crippen LogP contribution in [0.4, 0.5) is 0 Å². The van der Waals surface area contributed by atoms with Gasteiger partial charge in [-0.3, -0.25) is 14.4 Å². The molecule has 122 valence electrons. The molecule has 0 atom stereocenters. The van der Waals surface area contributed by atoms with Crippen LogP contribution in [0.5, 0.6) is 0 Å². The third-order valence-corrected chi connectivity index (χ3v) is 3.84. The summed E-state index contributed by atoms with van der Waals surface area (Å²) in [5.74, 6) is -0.850. The van der Waals surface area contributed by atoms with Crippen LogP contribution in [0.15, 0.2) is 53.3 Å². The lowest BCUT2D eigenvalue weighted by molar-refractivity contribution is -0.141. The van der Waals surface area contributed by atoms with Gasteiger partial charge in [-0.15, -0.1) is 0 Å². The van der Waals surface area contributed by atoms with Gasteiger partial charge < -0.3 is 14.6 Å². The lowest BCUT2D eigenvalue weighted by Gasteiger charge is -2.14. The summed E-state index contributed by atoms with van der Waals surface area (Å²) in [6.07, 6.45) is 0. The molecular weight excluding hydrogens is 308 g/mol. The molecule has 1 N–H and O–H groups in total. The van der Waals surface area contributed by atoms with E-state index >= 15 is 0 Å². The smallest absolute Gasteiger partial charge is 0.325 e. The zero-order chi connectivity index (χ0) is 17.1. The van der Waals surface area contributed by atoms with Crippen molar-refractivity contribution in [3.63, 3.8) is 0 Å². The highest BCUT2D eigenvalue weighted by Gasteiger charge is 2.13. The van der Waals surface area contributed by atoms with Gasteiger partial charge in [-0.2, -0.15) is 0 Å². The van der Waals surface area contributed by atoms with Crippen molar-refractivity contribution >= 4 is 33.7 Å². The average molecular weight is 324 g/mol. The quantitative estimate of drug-likeness (QED) is 0.582. The number of carbonyl (C=O) groups excluding carboxylic acids is 2. The maximum Gasteiger partial charge on any atom is 0.325 e. The lowest BCUT2D eigenvalue weighted by atomic mass is 10.1. The monoisotopic (exact) mass is 324 g/mol. The Balaban J connectivity index is 2.08. The first-order valence-electron chi connectivity index (χ1n) is 7.45. The van der Waals surface area contributed by atoms with Crippen molar-refractivity contribution in [1.29, 1.82) is 0 Å². The molecule has 0 saturated heterocycles. The molecule has 1 heterocycles. The molecular formula is C18H16N2O4. The summed E-state index contributed by atoms with van der Waals surface area (Å²) in [6.45, 7) is -0.191. The van der Waals surface area contributed by atoms with Crippen LogP contribution < -0.4 is 10.7 Å². The number of benzene rings is 2. The number of hydrogen-bond donors (Lipinski definition) is 1. The minimum absolute atomic E-state index is 0.00169. The molecule has 1 amide bonds. The summed E-state index contributed by atoms with van der Waals surface area (Å²) in [7, 11) is 1.26. The number of para-hydroxylation sites is 2. The number of pyridine rings is 1. The Morgan fingerprint density at radius 1 is 1.00 bits per heavy atom. The minimum Gasteiger partial charge on any atom is -0.468 e. The van der Waals surface area contributed by atoms with E-state index in [2.05, 4.69) is 10.1 Å². The van der Waals surface area contributed by atoms with Gasteiger partial charge in [-0.05, 0) is 24.3 Å². The highest BCUT2D eigenvalue weighted by Crippen LogP contribution is 2.18. The number of ether oxygens (including phenoxy) is 1. The van der Waals surface area contributed by atoms with Crippen LogP contribution in [-0.4, -0.2) is 30.1 Å². The fourth-order valence-electron chi connectivity index (χ4n) is 2.69. The summed E-state index contributed by atoms with van der Waals surface area (Å²) in [4.78, 5) is 35.9. The van der Waals surface area contributed by atoms with Crippen molar-refractivity contribution < 1.29 is 14.3 Å². The van der Waals surface area contributed by atoms with Crippen molar-refractivity contribution in [2.45, 2.75) is 6.54 Å². The largest absolute Gasteiger partial charge is 0.468 e. The van der Waals surface area contributed by atoms with Gasteiger partial charge in [0.1, 0.15) is 13.1 Å². The Kier molecular flexibility index (Phi) is 4.29. The molecule has 0 aliphatic rings. The standard InChI is InChI=1S/C18H16N2O4/c1-24-17(22)10-19-16(21)11-20-14-8-4-2-6-12(14)18(23)13-7-3-5-9-15(13)20/h2-9H,10-11H2,1H3,(H,19,21). The number of methoxy groups -OCH3 is 1. The van der Waals surface area contributed by atoms with E-state index in [0.29, 0.717) is 21.8 Å². The van der Waals surface area contributed by atoms with Crippen LogP contribution >= 0.6 is 0 Å². The Bertz CT molecular complexity index is 931. The van der Waals surface area contributed by atoms with Gasteiger partial charge in [0.05, 0.1) is 18.1 Å². The van der Waals surface area contributed by atoms with Crippen molar-refractivity contribution in [1.82, 2.24) is 9.88 Å². The van der Waals surface area contributed by atoms with E-state index in [1.165, 1.54) is 7.11 Å². The van der Waals surface area contributed by atoms with Crippen LogP contribution in [0.3, 0.4) is 0 Å². The summed E-state index contributed by atoms with van der Waals surface area (Å²) in [6, 6.07) is 14.3. The van der Waals surface area contributed by atoms with Gasteiger partial charge in [0, 0.05) is 10.8 Å². The third-order valence-electron chi connectivity index (χ3n) is 3.84. The molecule has 0 radical (unpaired) electrons. The first kappa shape index (κ1) is 15.7. The number of nitrogens with zero attached hydrogens (tertiary/aromatic N) is 1. The highest BCUT2D eigenvalue weighted by molar-refractivity contribution is 5.95. The van der Waals surface area contributed by atoms with Gasteiger partial charge in [-0.25, -0.2) is 0 Å². The summed E-state index contributed by atoms with van der Waals surface area (Å²) >= 11 is 0. The van der Waals surface area contributed by atoms with Crippen LogP contribution in [0, 0.1) is 0 Å². The van der Waals surface area contributed by atoms with E-state index in [0.717, 1.165) is 0 Å². The molecule has 3 aromatic rings. The zero-order valence-electron chi connectivity index (χ0n) is 13.1. The molecule has 0 aliphatic heterocycles. The Labute approximate surface area is 137 Å². The van der Waals surface area contributed by atoms with Gasteiger partial charge in [0.2, 0.25) is 5.91 Å². The number of esters is 1. The molecule has 2 aromatic carbocycles. The van der Waals surface area contributed by atoms with E-state index < -0.39 is 5.97 Å². The van der Waals surface area contributed by atoms with Crippen molar-refractivity contribution in [2.24, 2.45) is 0 Å². The topological polar surface area (TPSA) is 77.4 Å². The van der Waals surface area contributed by atoms with E-state index in [4.69, 9.17) is 0 Å². The van der Waals surface area contributed by atoms with Gasteiger partial charge in [0.25, 0.3) is 0 Å². The molecule has 0 saturated carbocycles. The van der Waals surface area contributed by atoms with Crippen molar-refractivity contribution in [3.05, 3.63) is 58.8 Å². The molecule has 0 unspecified atom stereocenters. The number of carbonyl (C=O) groups is 2. The SMILES string of the molecule is COC(=O)CNC(=O)Cn1c2ccccc2c(=O)c2ccccc21. The van der Waals surface area contributed by atoms with Crippen LogP contribution in [0.1, 0.15) is 0 Å². The summed E-state index contributed by atoms with van der Waals surface area (Å²) in [5.41, 5.74) is 1.29. The summed E-state index contributed by atoms with van der Waals surface area (Å²) in [5, 5.41) is 3.62. The molecule has 24 heavy (non-hydrogen) atoms. The van der Waals surface area contributed by atoms with Crippen LogP contribution in [0.25, 0.3) is 21.8 Å². The van der Waals surface area contributed by atoms with Crippen LogP contribution in [-0.2, 0) is 20.9 Å². The van der Waals surface area contributed by atoms with Crippen LogP contribution in [0.2, 0.25) is 0 Å². The first-order chi connectivity index (χ1) is 11.6. The number of rotatable bonds is 4. The van der Waals surface area contributed by atoms with E-state index in [1.54, 1.807) is 41.0 Å². The lowest BCUT2D eigenvalue weighted by Crippen LogP contribution is -2.33. The molecule has 6 nitrogen and oxygen atoms in total. The second-order valence-corrected chi connectivity index (χ2v) is 5.30. The minimum atomic E-state index is -0.516. The predicted octanol–water partition coefficient (Wildman–Crippen LogP) is 1.44. The number of hydrogen-bond acceptors (Lipinski definition) is 4. The second-order valence-electron chi connectivity index (χ2n) is 5.30. The van der Waals surface area contributed by atoms with Crippen molar-refractivity contribution in [3.8, 4) is 0 Å². The Morgan fingerprint density at radius 2 is 1.54 bits per heavy atom. The molecule has 0 spiro atoms. The van der Waals surface area contributed by atoms with E-state index in [9.17, 15) is 14.4 Å². The molecule has 3 rings (SSSR count). The summed E-state index contributed by atoms with van der Waals surface area (Å²) < 4.78 is 6.28. The number of aromatic nitrogens is 1. The Hall–Kier alpha value is -3.15. The fraction of sp³-hybridized carbons (Fsp3) is 0.167. The molecule has 0 fully saturated rings. The number of fused-ring (bicyclic) bond motifs is 2. The maximum atomic E-state index is 12.6. The molecule has 6 heteroatoms. The normalized spacial score (nSPS) is 10.7. The van der Waals surface area contributed by atoms with E-state index in [1.807, 2.05) is 12.1 Å². The Morgan fingerprint density at radius 3 is 2.08 bits per heavy atom. The van der Waals surface area contributed by atoms with Gasteiger partial charge in [-0.1, -0.05) is 24.3 Å². The average Bonchev–Trinajstić information content (AvgIpc) is 2.63. The van der Waals surface area contributed by atoms with Crippen molar-refractivity contribution in [2.75, 3.05) is 13.7 Å². The molecule has 0 aliphatic carbocycles. The number of amides is 1. The maximum absolute atomic E-state index is 12.6. The highest BCUT2D eigenvalue weighted by atomic mass is 16.5. The third kappa shape index (κ3) is 2.86. The zero-order valence-corrected chi connectivity index (χ0v) is 13.1. The number of nitrogens with one attached hydrogen (secondary N) is 1. The second kappa shape index (κ2) is 6.54. The molecule has 0 bridgehead atoms. The predicted molar refractivity (Wildman–Crippen MR) is 90.7 cm³/mol. The van der Waals surface area contributed by atoms with Gasteiger partial charge >= 0.3 is 5.97 Å². The van der Waals surface area contributed by atoms with E-state index in [-0.39, 0.29) is 24.4 Å². The van der Waals surface area contributed by atoms with Gasteiger partial charge in [0.15, 0.2) is 5.43 Å².